The van der Waals surface area contributed by atoms with Crippen molar-refractivity contribution in [1.82, 2.24) is 20.8 Å². The Morgan fingerprint density at radius 2 is 2.00 bits per heavy atom. The zero-order valence-electron chi connectivity index (χ0n) is 15.5. The van der Waals surface area contributed by atoms with Gasteiger partial charge in [0.05, 0.1) is 11.6 Å². The molecule has 1 aliphatic rings. The van der Waals surface area contributed by atoms with Crippen LogP contribution in [0.2, 0.25) is 0 Å². The standard InChI is InChI=1S/C19H23F3N4O/c1-18(2,3)16(11-5-4-6-12(9-11)19(20,21)22)24-17(27)15-13-10-23-8-7-14(13)25-26-15/h4-6,9,16,23H,7-8,10H2,1-3H3,(H,24,27)(H,25,26). The number of amides is 1. The first kappa shape index (κ1) is 19.4. The molecule has 3 rings (SSSR count). The topological polar surface area (TPSA) is 69.8 Å². The number of nitrogens with one attached hydrogen (secondary N) is 3. The quantitative estimate of drug-likeness (QED) is 0.762. The first-order chi connectivity index (χ1) is 12.6. The highest BCUT2D eigenvalue weighted by molar-refractivity contribution is 5.94. The highest BCUT2D eigenvalue weighted by atomic mass is 19.4. The van der Waals surface area contributed by atoms with Crippen LogP contribution in [0, 0.1) is 5.41 Å². The molecule has 0 radical (unpaired) electrons. The van der Waals surface area contributed by atoms with E-state index in [1.807, 2.05) is 20.8 Å². The van der Waals surface area contributed by atoms with Crippen LogP contribution in [0.3, 0.4) is 0 Å². The summed E-state index contributed by atoms with van der Waals surface area (Å²) in [4.78, 5) is 12.8. The molecule has 8 heteroatoms. The van der Waals surface area contributed by atoms with Crippen molar-refractivity contribution < 1.29 is 18.0 Å². The van der Waals surface area contributed by atoms with Gasteiger partial charge in [-0.1, -0.05) is 32.9 Å². The number of alkyl halides is 3. The smallest absolute Gasteiger partial charge is 0.343 e. The second-order valence-corrected chi connectivity index (χ2v) is 7.85. The number of fused-ring (bicyclic) bond motifs is 1. The van der Waals surface area contributed by atoms with E-state index in [4.69, 9.17) is 0 Å². The average molecular weight is 380 g/mol. The molecule has 1 amide bonds. The maximum atomic E-state index is 13.1. The molecule has 146 valence electrons. The van der Waals surface area contributed by atoms with Gasteiger partial charge in [-0.05, 0) is 23.1 Å². The molecule has 0 spiro atoms. The third-order valence-corrected chi connectivity index (χ3v) is 4.71. The molecule has 0 bridgehead atoms. The lowest BCUT2D eigenvalue weighted by atomic mass is 9.81. The summed E-state index contributed by atoms with van der Waals surface area (Å²) < 4.78 is 39.3. The number of H-pyrrole nitrogens is 1. The van der Waals surface area contributed by atoms with Crippen molar-refractivity contribution in [2.75, 3.05) is 6.54 Å². The van der Waals surface area contributed by atoms with E-state index in [0.717, 1.165) is 36.4 Å². The highest BCUT2D eigenvalue weighted by Crippen LogP contribution is 2.36. The summed E-state index contributed by atoms with van der Waals surface area (Å²) >= 11 is 0. The van der Waals surface area contributed by atoms with E-state index >= 15 is 0 Å². The molecule has 27 heavy (non-hydrogen) atoms. The molecule has 1 unspecified atom stereocenters. The molecule has 0 aliphatic carbocycles. The third kappa shape index (κ3) is 4.16. The van der Waals surface area contributed by atoms with Gasteiger partial charge in [0.25, 0.3) is 5.91 Å². The minimum Gasteiger partial charge on any atom is -0.343 e. The van der Waals surface area contributed by atoms with E-state index in [0.29, 0.717) is 17.8 Å². The van der Waals surface area contributed by atoms with Crippen molar-refractivity contribution in [2.24, 2.45) is 5.41 Å². The molecule has 1 aromatic heterocycles. The summed E-state index contributed by atoms with van der Waals surface area (Å²) in [5, 5.41) is 13.1. The van der Waals surface area contributed by atoms with Gasteiger partial charge in [-0.3, -0.25) is 9.89 Å². The Bertz CT molecular complexity index is 836. The van der Waals surface area contributed by atoms with Crippen molar-refractivity contribution in [2.45, 2.75) is 46.0 Å². The Kier molecular flexibility index (Phi) is 5.03. The van der Waals surface area contributed by atoms with Crippen LogP contribution in [0.4, 0.5) is 13.2 Å². The Labute approximate surface area is 155 Å². The molecule has 1 atom stereocenters. The fourth-order valence-electron chi connectivity index (χ4n) is 3.31. The number of aromatic amines is 1. The second-order valence-electron chi connectivity index (χ2n) is 7.85. The summed E-state index contributed by atoms with van der Waals surface area (Å²) in [5.41, 5.74) is 1.21. The highest BCUT2D eigenvalue weighted by Gasteiger charge is 2.34. The number of nitrogens with zero attached hydrogens (tertiary/aromatic N) is 1. The van der Waals surface area contributed by atoms with Gasteiger partial charge in [-0.25, -0.2) is 0 Å². The Morgan fingerprint density at radius 3 is 2.67 bits per heavy atom. The van der Waals surface area contributed by atoms with Gasteiger partial charge in [0.2, 0.25) is 0 Å². The van der Waals surface area contributed by atoms with Crippen molar-refractivity contribution >= 4 is 5.91 Å². The number of hydrogen-bond donors (Lipinski definition) is 3. The molecule has 3 N–H and O–H groups in total. The first-order valence-corrected chi connectivity index (χ1v) is 8.82. The van der Waals surface area contributed by atoms with E-state index in [1.165, 1.54) is 6.07 Å². The van der Waals surface area contributed by atoms with Gasteiger partial charge in [-0.2, -0.15) is 18.3 Å². The molecule has 5 nitrogen and oxygen atoms in total. The summed E-state index contributed by atoms with van der Waals surface area (Å²) in [6, 6.07) is 4.49. The molecule has 2 heterocycles. The van der Waals surface area contributed by atoms with Crippen LogP contribution >= 0.6 is 0 Å². The van der Waals surface area contributed by atoms with Crippen molar-refractivity contribution in [3.63, 3.8) is 0 Å². The zero-order chi connectivity index (χ0) is 19.8. The summed E-state index contributed by atoms with van der Waals surface area (Å²) in [7, 11) is 0. The fourth-order valence-corrected chi connectivity index (χ4v) is 3.31. The predicted octanol–water partition coefficient (Wildman–Crippen LogP) is 3.59. The number of halogens is 3. The van der Waals surface area contributed by atoms with Crippen LogP contribution in [0.25, 0.3) is 0 Å². The van der Waals surface area contributed by atoms with Gasteiger partial charge >= 0.3 is 6.18 Å². The van der Waals surface area contributed by atoms with E-state index in [-0.39, 0.29) is 0 Å². The molecular weight excluding hydrogens is 357 g/mol. The maximum Gasteiger partial charge on any atom is 0.416 e. The molecule has 2 aromatic rings. The van der Waals surface area contributed by atoms with Crippen LogP contribution in [-0.4, -0.2) is 22.6 Å². The predicted molar refractivity (Wildman–Crippen MR) is 95.1 cm³/mol. The average Bonchev–Trinajstić information content (AvgIpc) is 3.02. The molecule has 1 aliphatic heterocycles. The lowest BCUT2D eigenvalue weighted by molar-refractivity contribution is -0.137. The van der Waals surface area contributed by atoms with Crippen molar-refractivity contribution in [3.05, 3.63) is 52.3 Å². The van der Waals surface area contributed by atoms with Crippen LogP contribution in [-0.2, 0) is 19.1 Å². The Hall–Kier alpha value is -2.35. The van der Waals surface area contributed by atoms with Gasteiger partial charge in [0.15, 0.2) is 5.69 Å². The molecule has 0 fully saturated rings. The number of hydrogen-bond acceptors (Lipinski definition) is 3. The van der Waals surface area contributed by atoms with E-state index in [1.54, 1.807) is 6.07 Å². The molecule has 0 saturated heterocycles. The number of carbonyl (C=O) groups is 1. The normalized spacial score (nSPS) is 15.9. The van der Waals surface area contributed by atoms with Crippen LogP contribution < -0.4 is 10.6 Å². The van der Waals surface area contributed by atoms with E-state index in [9.17, 15) is 18.0 Å². The number of benzene rings is 1. The minimum atomic E-state index is -4.44. The van der Waals surface area contributed by atoms with Crippen LogP contribution in [0.5, 0.6) is 0 Å². The second kappa shape index (κ2) is 6.99. The first-order valence-electron chi connectivity index (χ1n) is 8.82. The summed E-state index contributed by atoms with van der Waals surface area (Å²) in [6.45, 7) is 6.97. The fraction of sp³-hybridized carbons (Fsp3) is 0.474. The monoisotopic (exact) mass is 380 g/mol. The minimum absolute atomic E-state index is 0.290. The number of rotatable bonds is 3. The van der Waals surface area contributed by atoms with Gasteiger partial charge < -0.3 is 10.6 Å². The van der Waals surface area contributed by atoms with Gasteiger partial charge in [0.1, 0.15) is 0 Å². The zero-order valence-corrected chi connectivity index (χ0v) is 15.5. The summed E-state index contributed by atoms with van der Waals surface area (Å²) in [5.74, 6) is -0.395. The number of carbonyl (C=O) groups excluding carboxylic acids is 1. The van der Waals surface area contributed by atoms with Crippen LogP contribution in [0.1, 0.15) is 59.7 Å². The number of aromatic nitrogens is 2. The van der Waals surface area contributed by atoms with E-state index in [2.05, 4.69) is 20.8 Å². The molecule has 1 aromatic carbocycles. The largest absolute Gasteiger partial charge is 0.416 e. The van der Waals surface area contributed by atoms with Gasteiger partial charge in [-0.15, -0.1) is 0 Å². The molecular formula is C19H23F3N4O. The summed E-state index contributed by atoms with van der Waals surface area (Å²) in [6.07, 6.45) is -3.68. The third-order valence-electron chi connectivity index (χ3n) is 4.71. The van der Waals surface area contributed by atoms with Gasteiger partial charge in [0, 0.05) is 30.8 Å². The van der Waals surface area contributed by atoms with Crippen molar-refractivity contribution in [1.29, 1.82) is 0 Å². The SMILES string of the molecule is CC(C)(C)C(NC(=O)c1n[nH]c2c1CNCC2)c1cccc(C(F)(F)F)c1. The molecule has 0 saturated carbocycles. The Morgan fingerprint density at radius 1 is 1.26 bits per heavy atom. The van der Waals surface area contributed by atoms with Crippen LogP contribution in [0.15, 0.2) is 24.3 Å². The maximum absolute atomic E-state index is 13.1. The Balaban J connectivity index is 1.91. The van der Waals surface area contributed by atoms with E-state index < -0.39 is 29.1 Å². The lowest BCUT2D eigenvalue weighted by Gasteiger charge is -2.32. The lowest BCUT2D eigenvalue weighted by Crippen LogP contribution is -2.37. The van der Waals surface area contributed by atoms with Crippen molar-refractivity contribution in [3.8, 4) is 0 Å².